The molecule has 7 nitrogen and oxygen atoms in total. The van der Waals surface area contributed by atoms with E-state index in [1.807, 2.05) is 18.2 Å². The quantitative estimate of drug-likeness (QED) is 0.206. The molecule has 0 aliphatic carbocycles. The van der Waals surface area contributed by atoms with Crippen molar-refractivity contribution < 1.29 is 28.5 Å². The monoisotopic (exact) mass is 407 g/mol. The van der Waals surface area contributed by atoms with E-state index in [1.54, 1.807) is 24.3 Å². The summed E-state index contributed by atoms with van der Waals surface area (Å²) in [6.45, 7) is 3.41. The van der Waals surface area contributed by atoms with Gasteiger partial charge in [0.25, 0.3) is 0 Å². The van der Waals surface area contributed by atoms with Gasteiger partial charge in [-0.3, -0.25) is 0 Å². The van der Waals surface area contributed by atoms with Gasteiger partial charge in [-0.15, -0.1) is 6.58 Å². The number of benzene rings is 2. The van der Waals surface area contributed by atoms with Crippen molar-refractivity contribution in [3.8, 4) is 23.3 Å². The lowest BCUT2D eigenvalue weighted by atomic mass is 10.1. The van der Waals surface area contributed by atoms with Crippen molar-refractivity contribution in [1.29, 1.82) is 5.26 Å². The van der Waals surface area contributed by atoms with Gasteiger partial charge in [0, 0.05) is 0 Å². The Bertz CT molecular complexity index is 1000. The van der Waals surface area contributed by atoms with Crippen LogP contribution in [-0.2, 0) is 20.7 Å². The lowest BCUT2D eigenvalue weighted by Crippen LogP contribution is -2.18. The molecule has 0 saturated heterocycles. The minimum absolute atomic E-state index is 0.170. The summed E-state index contributed by atoms with van der Waals surface area (Å²) in [5.41, 5.74) is 1.24. The van der Waals surface area contributed by atoms with Gasteiger partial charge in [-0.05, 0) is 41.8 Å². The number of nitriles is 1. The van der Waals surface area contributed by atoms with E-state index in [9.17, 15) is 9.59 Å². The zero-order valence-corrected chi connectivity index (χ0v) is 16.7. The summed E-state index contributed by atoms with van der Waals surface area (Å²) in [6.07, 6.45) is 3.71. The van der Waals surface area contributed by atoms with E-state index in [0.717, 1.165) is 5.56 Å². The van der Waals surface area contributed by atoms with Crippen molar-refractivity contribution in [2.24, 2.45) is 0 Å². The van der Waals surface area contributed by atoms with E-state index in [1.165, 1.54) is 32.4 Å². The largest absolute Gasteiger partial charge is 0.493 e. The summed E-state index contributed by atoms with van der Waals surface area (Å²) in [7, 11) is 2.60. The highest BCUT2D eigenvalue weighted by molar-refractivity contribution is 5.97. The van der Waals surface area contributed by atoms with Crippen LogP contribution in [0.3, 0.4) is 0 Å². The third-order valence-corrected chi connectivity index (χ3v) is 3.93. The van der Waals surface area contributed by atoms with Crippen LogP contribution in [0.4, 0.5) is 0 Å². The first-order chi connectivity index (χ1) is 14.5. The summed E-state index contributed by atoms with van der Waals surface area (Å²) in [4.78, 5) is 23.8. The molecule has 0 radical (unpaired) electrons. The predicted octanol–water partition coefficient (Wildman–Crippen LogP) is 3.49. The average molecular weight is 407 g/mol. The van der Waals surface area contributed by atoms with Crippen LogP contribution < -0.4 is 14.2 Å². The van der Waals surface area contributed by atoms with Crippen molar-refractivity contribution in [2.45, 2.75) is 6.42 Å². The molecular weight excluding hydrogens is 386 g/mol. The van der Waals surface area contributed by atoms with Gasteiger partial charge in [0.2, 0.25) is 0 Å². The molecule has 0 aliphatic heterocycles. The Morgan fingerprint density at radius 1 is 1.10 bits per heavy atom. The van der Waals surface area contributed by atoms with Gasteiger partial charge in [0.1, 0.15) is 17.4 Å². The molecule has 0 amide bonds. The summed E-state index contributed by atoms with van der Waals surface area (Å²) < 4.78 is 20.7. The zero-order chi connectivity index (χ0) is 21.9. The summed E-state index contributed by atoms with van der Waals surface area (Å²) >= 11 is 0. The van der Waals surface area contributed by atoms with E-state index >= 15 is 0 Å². The molecule has 7 heteroatoms. The Kier molecular flexibility index (Phi) is 8.21. The Balaban J connectivity index is 2.10. The Morgan fingerprint density at radius 3 is 2.53 bits per heavy atom. The molecule has 0 bridgehead atoms. The lowest BCUT2D eigenvalue weighted by molar-refractivity contribution is -0.137. The highest BCUT2D eigenvalue weighted by atomic mass is 16.6. The molecule has 0 spiro atoms. The highest BCUT2D eigenvalue weighted by Gasteiger charge is 2.14. The van der Waals surface area contributed by atoms with Gasteiger partial charge in [-0.2, -0.15) is 5.26 Å². The highest BCUT2D eigenvalue weighted by Crippen LogP contribution is 2.29. The topological polar surface area (TPSA) is 94.9 Å². The van der Waals surface area contributed by atoms with Gasteiger partial charge < -0.3 is 18.9 Å². The van der Waals surface area contributed by atoms with Gasteiger partial charge in [0.15, 0.2) is 18.1 Å². The second-order valence-corrected chi connectivity index (χ2v) is 5.93. The number of hydrogen-bond donors (Lipinski definition) is 0. The second-order valence-electron chi connectivity index (χ2n) is 5.93. The van der Waals surface area contributed by atoms with Crippen LogP contribution in [0.2, 0.25) is 0 Å². The molecular formula is C23H21NO6. The number of carbonyl (C=O) groups is 2. The molecule has 0 unspecified atom stereocenters. The number of nitrogens with zero attached hydrogens (tertiary/aromatic N) is 1. The fourth-order valence-electron chi connectivity index (χ4n) is 2.53. The number of rotatable bonds is 9. The Labute approximate surface area is 174 Å². The van der Waals surface area contributed by atoms with Crippen LogP contribution in [0.1, 0.15) is 11.1 Å². The third kappa shape index (κ3) is 5.97. The number of ether oxygens (including phenoxy) is 4. The van der Waals surface area contributed by atoms with Crippen LogP contribution >= 0.6 is 0 Å². The van der Waals surface area contributed by atoms with Crippen LogP contribution in [-0.4, -0.2) is 32.8 Å². The summed E-state index contributed by atoms with van der Waals surface area (Å²) in [6, 6.07) is 13.7. The first kappa shape index (κ1) is 22.2. The van der Waals surface area contributed by atoms with Gasteiger partial charge in [0.05, 0.1) is 14.2 Å². The number of carbonyl (C=O) groups excluding carboxylic acids is 2. The molecule has 0 N–H and O–H groups in total. The molecule has 0 atom stereocenters. The van der Waals surface area contributed by atoms with Crippen LogP contribution in [0, 0.1) is 11.3 Å². The molecule has 0 aliphatic rings. The van der Waals surface area contributed by atoms with Gasteiger partial charge in [-0.1, -0.05) is 30.3 Å². The zero-order valence-electron chi connectivity index (χ0n) is 16.7. The minimum atomic E-state index is -0.749. The lowest BCUT2D eigenvalue weighted by Gasteiger charge is -2.12. The van der Waals surface area contributed by atoms with E-state index in [2.05, 4.69) is 11.3 Å². The molecule has 0 heterocycles. The van der Waals surface area contributed by atoms with Crippen LogP contribution in [0.15, 0.2) is 60.7 Å². The van der Waals surface area contributed by atoms with Crippen molar-refractivity contribution in [1.82, 2.24) is 0 Å². The van der Waals surface area contributed by atoms with E-state index < -0.39 is 11.9 Å². The molecule has 2 aromatic carbocycles. The van der Waals surface area contributed by atoms with Crippen LogP contribution in [0.25, 0.3) is 6.08 Å². The van der Waals surface area contributed by atoms with Crippen molar-refractivity contribution in [3.05, 3.63) is 71.8 Å². The second kappa shape index (κ2) is 11.1. The number of hydrogen-bond acceptors (Lipinski definition) is 7. The SMILES string of the molecule is C=CCc1ccccc1OCC(=O)Oc1ccc(/C=C(\C#N)C(=O)OC)cc1OC. The van der Waals surface area contributed by atoms with Crippen molar-refractivity contribution >= 4 is 18.0 Å². The Hall–Kier alpha value is -4.05. The molecule has 0 saturated carbocycles. The minimum Gasteiger partial charge on any atom is -0.493 e. The first-order valence-electron chi connectivity index (χ1n) is 8.92. The molecule has 2 rings (SSSR count). The number of esters is 2. The standard InChI is InChI=1S/C23H21NO6/c1-4-7-17-8-5-6-9-19(17)29-15-22(25)30-20-11-10-16(13-21(20)27-2)12-18(14-24)23(26)28-3/h4-6,8-13H,1,7,15H2,2-3H3/b18-12+. The van der Waals surface area contributed by atoms with Crippen molar-refractivity contribution in [2.75, 3.05) is 20.8 Å². The van der Waals surface area contributed by atoms with E-state index in [0.29, 0.717) is 17.7 Å². The number of para-hydroxylation sites is 1. The number of allylic oxidation sites excluding steroid dienone is 1. The fourth-order valence-corrected chi connectivity index (χ4v) is 2.53. The molecule has 30 heavy (non-hydrogen) atoms. The molecule has 2 aromatic rings. The smallest absolute Gasteiger partial charge is 0.349 e. The predicted molar refractivity (Wildman–Crippen MR) is 110 cm³/mol. The Morgan fingerprint density at radius 2 is 1.87 bits per heavy atom. The maximum atomic E-state index is 12.2. The summed E-state index contributed by atoms with van der Waals surface area (Å²) in [5, 5.41) is 9.06. The molecule has 154 valence electrons. The van der Waals surface area contributed by atoms with Gasteiger partial charge in [-0.25, -0.2) is 9.59 Å². The average Bonchev–Trinajstić information content (AvgIpc) is 2.77. The van der Waals surface area contributed by atoms with E-state index in [-0.39, 0.29) is 23.7 Å². The van der Waals surface area contributed by atoms with Gasteiger partial charge >= 0.3 is 11.9 Å². The third-order valence-electron chi connectivity index (χ3n) is 3.93. The van der Waals surface area contributed by atoms with Crippen LogP contribution in [0.5, 0.6) is 17.2 Å². The maximum absolute atomic E-state index is 12.2. The summed E-state index contributed by atoms with van der Waals surface area (Å²) in [5.74, 6) is -0.350. The fraction of sp³-hybridized carbons (Fsp3) is 0.174. The maximum Gasteiger partial charge on any atom is 0.349 e. The number of methoxy groups -OCH3 is 2. The normalized spacial score (nSPS) is 10.5. The molecule has 0 aromatic heterocycles. The first-order valence-corrected chi connectivity index (χ1v) is 8.92. The molecule has 0 fully saturated rings. The van der Waals surface area contributed by atoms with E-state index in [4.69, 9.17) is 19.5 Å². The van der Waals surface area contributed by atoms with Crippen molar-refractivity contribution in [3.63, 3.8) is 0 Å².